The van der Waals surface area contributed by atoms with Crippen LogP contribution in [0.4, 0.5) is 13.2 Å². The van der Waals surface area contributed by atoms with Crippen molar-refractivity contribution in [1.82, 2.24) is 5.32 Å². The third kappa shape index (κ3) is 5.69. The molecule has 0 atom stereocenters. The molecular formula is C22H18F3NO4S. The highest BCUT2D eigenvalue weighted by atomic mass is 32.2. The number of nitrogens with one attached hydrogen (secondary N) is 1. The summed E-state index contributed by atoms with van der Waals surface area (Å²) in [6.07, 6.45) is -3.01. The zero-order valence-electron chi connectivity index (χ0n) is 16.4. The van der Waals surface area contributed by atoms with Crippen molar-refractivity contribution in [3.63, 3.8) is 0 Å². The third-order valence-electron chi connectivity index (χ3n) is 4.38. The number of thioether (sulfide) groups is 1. The number of methoxy groups -OCH3 is 1. The van der Waals surface area contributed by atoms with Gasteiger partial charge in [0.1, 0.15) is 11.3 Å². The Kier molecular flexibility index (Phi) is 7.06. The number of hydrogen-bond donors (Lipinski definition) is 1. The lowest BCUT2D eigenvalue weighted by Crippen LogP contribution is -2.23. The first kappa shape index (κ1) is 22.5. The van der Waals surface area contributed by atoms with Gasteiger partial charge in [0, 0.05) is 11.4 Å². The standard InChI is InChI=1S/C22H18F3NO4S/c1-29-21(28)16-10-11-30-18(16)13-31-19-5-3-2-4-17(19)20(27)26-12-14-6-8-15(9-7-14)22(23,24)25/h2-11H,12-13H2,1H3,(H,26,27). The van der Waals surface area contributed by atoms with Crippen LogP contribution in [0.25, 0.3) is 0 Å². The molecule has 5 nitrogen and oxygen atoms in total. The molecule has 0 radical (unpaired) electrons. The van der Waals surface area contributed by atoms with E-state index < -0.39 is 17.7 Å². The molecule has 0 aliphatic rings. The molecule has 0 aliphatic carbocycles. The van der Waals surface area contributed by atoms with Crippen LogP contribution in [-0.4, -0.2) is 19.0 Å². The van der Waals surface area contributed by atoms with Gasteiger partial charge in [0.25, 0.3) is 5.91 Å². The van der Waals surface area contributed by atoms with Gasteiger partial charge in [-0.25, -0.2) is 4.79 Å². The Morgan fingerprint density at radius 1 is 1.03 bits per heavy atom. The van der Waals surface area contributed by atoms with Crippen LogP contribution in [0.3, 0.4) is 0 Å². The number of carbonyl (C=O) groups is 2. The Labute approximate surface area is 180 Å². The predicted octanol–water partition coefficient (Wildman–Crippen LogP) is 5.31. The molecule has 0 saturated heterocycles. The van der Waals surface area contributed by atoms with Crippen molar-refractivity contribution in [1.29, 1.82) is 0 Å². The van der Waals surface area contributed by atoms with E-state index in [2.05, 4.69) is 5.32 Å². The van der Waals surface area contributed by atoms with E-state index in [-0.39, 0.29) is 12.5 Å². The minimum absolute atomic E-state index is 0.0840. The number of carbonyl (C=O) groups excluding carboxylic acids is 2. The van der Waals surface area contributed by atoms with Crippen molar-refractivity contribution in [3.05, 3.63) is 88.9 Å². The van der Waals surface area contributed by atoms with Gasteiger partial charge in [-0.1, -0.05) is 24.3 Å². The lowest BCUT2D eigenvalue weighted by atomic mass is 10.1. The maximum Gasteiger partial charge on any atom is 0.416 e. The molecule has 0 fully saturated rings. The van der Waals surface area contributed by atoms with Crippen LogP contribution in [0.15, 0.2) is 70.2 Å². The zero-order valence-corrected chi connectivity index (χ0v) is 17.2. The number of ether oxygens (including phenoxy) is 1. The molecule has 1 aromatic heterocycles. The Bertz CT molecular complexity index is 1060. The summed E-state index contributed by atoms with van der Waals surface area (Å²) in [6.45, 7) is 0.0840. The molecule has 0 spiro atoms. The molecule has 31 heavy (non-hydrogen) atoms. The van der Waals surface area contributed by atoms with E-state index in [0.29, 0.717) is 33.1 Å². The van der Waals surface area contributed by atoms with E-state index in [9.17, 15) is 22.8 Å². The van der Waals surface area contributed by atoms with Crippen molar-refractivity contribution in [2.24, 2.45) is 0 Å². The maximum atomic E-state index is 12.7. The van der Waals surface area contributed by atoms with Crippen molar-refractivity contribution in [3.8, 4) is 0 Å². The van der Waals surface area contributed by atoms with Gasteiger partial charge in [0.15, 0.2) is 0 Å². The molecule has 0 bridgehead atoms. The SMILES string of the molecule is COC(=O)c1ccoc1CSc1ccccc1C(=O)NCc1ccc(C(F)(F)F)cc1. The number of hydrogen-bond acceptors (Lipinski definition) is 5. The minimum atomic E-state index is -4.40. The average Bonchev–Trinajstić information content (AvgIpc) is 3.24. The molecular weight excluding hydrogens is 431 g/mol. The minimum Gasteiger partial charge on any atom is -0.468 e. The lowest BCUT2D eigenvalue weighted by molar-refractivity contribution is -0.137. The Hall–Kier alpha value is -3.20. The summed E-state index contributed by atoms with van der Waals surface area (Å²) < 4.78 is 48.0. The van der Waals surface area contributed by atoms with E-state index in [0.717, 1.165) is 12.1 Å². The highest BCUT2D eigenvalue weighted by Gasteiger charge is 2.29. The topological polar surface area (TPSA) is 68.5 Å². The average molecular weight is 449 g/mol. The molecule has 3 rings (SSSR count). The molecule has 1 N–H and O–H groups in total. The first-order chi connectivity index (χ1) is 14.8. The van der Waals surface area contributed by atoms with E-state index in [1.54, 1.807) is 24.3 Å². The first-order valence-corrected chi connectivity index (χ1v) is 10.1. The van der Waals surface area contributed by atoms with Gasteiger partial charge < -0.3 is 14.5 Å². The summed E-state index contributed by atoms with van der Waals surface area (Å²) >= 11 is 1.31. The van der Waals surface area contributed by atoms with E-state index in [1.165, 1.54) is 43.3 Å². The zero-order chi connectivity index (χ0) is 22.4. The molecule has 2 aromatic carbocycles. The summed E-state index contributed by atoms with van der Waals surface area (Å²) in [5.41, 5.74) is 0.531. The molecule has 9 heteroatoms. The Balaban J connectivity index is 1.65. The van der Waals surface area contributed by atoms with Gasteiger partial charge in [0.05, 0.1) is 30.3 Å². The molecule has 162 valence electrons. The van der Waals surface area contributed by atoms with Gasteiger partial charge in [-0.2, -0.15) is 13.2 Å². The molecule has 0 saturated carbocycles. The maximum absolute atomic E-state index is 12.7. The first-order valence-electron chi connectivity index (χ1n) is 9.10. The molecule has 3 aromatic rings. The highest BCUT2D eigenvalue weighted by molar-refractivity contribution is 7.98. The van der Waals surface area contributed by atoms with Crippen molar-refractivity contribution in [2.45, 2.75) is 23.4 Å². The second kappa shape index (κ2) is 9.74. The van der Waals surface area contributed by atoms with E-state index >= 15 is 0 Å². The van der Waals surface area contributed by atoms with Gasteiger partial charge in [-0.15, -0.1) is 11.8 Å². The number of rotatable bonds is 7. The number of amides is 1. The van der Waals surface area contributed by atoms with Crippen LogP contribution in [0.2, 0.25) is 0 Å². The number of benzene rings is 2. The highest BCUT2D eigenvalue weighted by Crippen LogP contribution is 2.30. The van der Waals surface area contributed by atoms with Crippen LogP contribution in [-0.2, 0) is 23.2 Å². The van der Waals surface area contributed by atoms with E-state index in [1.807, 2.05) is 0 Å². The normalized spacial score (nSPS) is 11.2. The van der Waals surface area contributed by atoms with Crippen LogP contribution in [0.5, 0.6) is 0 Å². The van der Waals surface area contributed by atoms with Crippen molar-refractivity contribution < 1.29 is 31.9 Å². The lowest BCUT2D eigenvalue weighted by Gasteiger charge is -2.11. The second-order valence-corrected chi connectivity index (χ2v) is 7.43. The largest absolute Gasteiger partial charge is 0.468 e. The second-order valence-electron chi connectivity index (χ2n) is 6.41. The van der Waals surface area contributed by atoms with E-state index in [4.69, 9.17) is 9.15 Å². The Morgan fingerprint density at radius 2 is 1.74 bits per heavy atom. The summed E-state index contributed by atoms with van der Waals surface area (Å²) in [5.74, 6) is -0.139. The quantitative estimate of drug-likeness (QED) is 0.391. The van der Waals surface area contributed by atoms with Crippen molar-refractivity contribution >= 4 is 23.6 Å². The van der Waals surface area contributed by atoms with Gasteiger partial charge in [0.2, 0.25) is 0 Å². The summed E-state index contributed by atoms with van der Waals surface area (Å²) in [4.78, 5) is 25.1. The van der Waals surface area contributed by atoms with Gasteiger partial charge >= 0.3 is 12.1 Å². The summed E-state index contributed by atoms with van der Waals surface area (Å²) in [6, 6.07) is 13.0. The molecule has 0 unspecified atom stereocenters. The third-order valence-corrected chi connectivity index (χ3v) is 5.45. The fourth-order valence-electron chi connectivity index (χ4n) is 2.76. The summed E-state index contributed by atoms with van der Waals surface area (Å²) in [5, 5.41) is 2.71. The van der Waals surface area contributed by atoms with Crippen LogP contribution in [0.1, 0.15) is 37.6 Å². The van der Waals surface area contributed by atoms with Gasteiger partial charge in [-0.3, -0.25) is 4.79 Å². The number of halogens is 3. The van der Waals surface area contributed by atoms with Crippen molar-refractivity contribution in [2.75, 3.05) is 7.11 Å². The smallest absolute Gasteiger partial charge is 0.416 e. The summed E-state index contributed by atoms with van der Waals surface area (Å²) in [7, 11) is 1.28. The fraction of sp³-hybridized carbons (Fsp3) is 0.182. The molecule has 0 aliphatic heterocycles. The predicted molar refractivity (Wildman–Crippen MR) is 109 cm³/mol. The van der Waals surface area contributed by atoms with Gasteiger partial charge in [-0.05, 0) is 35.9 Å². The van der Waals surface area contributed by atoms with Crippen LogP contribution in [0, 0.1) is 0 Å². The number of esters is 1. The molecule has 1 amide bonds. The van der Waals surface area contributed by atoms with Crippen LogP contribution < -0.4 is 5.32 Å². The number of furan rings is 1. The Morgan fingerprint density at radius 3 is 2.42 bits per heavy atom. The number of alkyl halides is 3. The molecule has 1 heterocycles. The van der Waals surface area contributed by atoms with Crippen LogP contribution >= 0.6 is 11.8 Å². The monoisotopic (exact) mass is 449 g/mol. The fourth-order valence-corrected chi connectivity index (χ4v) is 3.76.